The quantitative estimate of drug-likeness (QED) is 0.800. The molecule has 92 valence electrons. The fourth-order valence-electron chi connectivity index (χ4n) is 1.85. The number of H-pyrrole nitrogens is 1. The van der Waals surface area contributed by atoms with Crippen LogP contribution in [0.15, 0.2) is 24.4 Å². The van der Waals surface area contributed by atoms with Crippen molar-refractivity contribution in [1.29, 1.82) is 0 Å². The predicted molar refractivity (Wildman–Crippen MR) is 60.9 cm³/mol. The van der Waals surface area contributed by atoms with Crippen molar-refractivity contribution >= 4 is 22.8 Å². The standard InChI is InChI=1S/C12H10N2O4/c15-11(18-10-3-4-17-12(10)16)7-1-2-8-6-13-14-9(8)5-7/h1-2,5-6,10H,3-4H2,(H,13,14). The van der Waals surface area contributed by atoms with Crippen LogP contribution in [0.3, 0.4) is 0 Å². The highest BCUT2D eigenvalue weighted by Crippen LogP contribution is 2.16. The van der Waals surface area contributed by atoms with E-state index in [0.717, 1.165) is 10.9 Å². The molecule has 1 N–H and O–H groups in total. The summed E-state index contributed by atoms with van der Waals surface area (Å²) in [4.78, 5) is 23.0. The van der Waals surface area contributed by atoms with Crippen LogP contribution in [0.2, 0.25) is 0 Å². The van der Waals surface area contributed by atoms with E-state index in [9.17, 15) is 9.59 Å². The number of aromatic amines is 1. The second-order valence-corrected chi connectivity index (χ2v) is 4.02. The van der Waals surface area contributed by atoms with Gasteiger partial charge in [-0.15, -0.1) is 0 Å². The molecule has 0 bridgehead atoms. The number of aromatic nitrogens is 2. The van der Waals surface area contributed by atoms with E-state index >= 15 is 0 Å². The molecule has 0 saturated carbocycles. The van der Waals surface area contributed by atoms with Gasteiger partial charge in [-0.05, 0) is 12.1 Å². The van der Waals surface area contributed by atoms with Gasteiger partial charge in [-0.2, -0.15) is 5.10 Å². The summed E-state index contributed by atoms with van der Waals surface area (Å²) in [6, 6.07) is 5.05. The molecule has 1 aromatic carbocycles. The Kier molecular flexibility index (Phi) is 2.47. The summed E-state index contributed by atoms with van der Waals surface area (Å²) in [6.45, 7) is 0.302. The van der Waals surface area contributed by atoms with Gasteiger partial charge in [0.2, 0.25) is 6.10 Å². The molecule has 1 saturated heterocycles. The van der Waals surface area contributed by atoms with Crippen LogP contribution in [-0.2, 0) is 14.3 Å². The van der Waals surface area contributed by atoms with Crippen molar-refractivity contribution in [2.75, 3.05) is 6.61 Å². The summed E-state index contributed by atoms with van der Waals surface area (Å²) in [7, 11) is 0. The summed E-state index contributed by atoms with van der Waals surface area (Å²) >= 11 is 0. The van der Waals surface area contributed by atoms with Gasteiger partial charge < -0.3 is 9.47 Å². The van der Waals surface area contributed by atoms with E-state index in [0.29, 0.717) is 18.6 Å². The molecule has 2 aromatic rings. The van der Waals surface area contributed by atoms with E-state index in [4.69, 9.17) is 9.47 Å². The lowest BCUT2D eigenvalue weighted by Gasteiger charge is -2.08. The van der Waals surface area contributed by atoms with Crippen molar-refractivity contribution in [3.63, 3.8) is 0 Å². The summed E-state index contributed by atoms with van der Waals surface area (Å²) in [6.07, 6.45) is 1.30. The van der Waals surface area contributed by atoms with Crippen molar-refractivity contribution < 1.29 is 19.1 Å². The van der Waals surface area contributed by atoms with Crippen molar-refractivity contribution in [2.24, 2.45) is 0 Å². The maximum absolute atomic E-state index is 11.8. The Labute approximate surface area is 102 Å². The minimum atomic E-state index is -0.782. The molecule has 0 radical (unpaired) electrons. The van der Waals surface area contributed by atoms with Gasteiger partial charge in [-0.3, -0.25) is 5.10 Å². The van der Waals surface area contributed by atoms with Crippen LogP contribution in [0.5, 0.6) is 0 Å². The third-order valence-corrected chi connectivity index (χ3v) is 2.81. The van der Waals surface area contributed by atoms with Gasteiger partial charge >= 0.3 is 11.9 Å². The third kappa shape index (κ3) is 1.81. The Bertz CT molecular complexity index is 619. The van der Waals surface area contributed by atoms with Crippen LogP contribution in [0.1, 0.15) is 16.8 Å². The van der Waals surface area contributed by atoms with Gasteiger partial charge in [0.05, 0.1) is 23.9 Å². The van der Waals surface area contributed by atoms with Crippen LogP contribution in [0.25, 0.3) is 10.9 Å². The number of fused-ring (bicyclic) bond motifs is 1. The van der Waals surface area contributed by atoms with E-state index in [1.54, 1.807) is 24.4 Å². The monoisotopic (exact) mass is 246 g/mol. The molecule has 2 heterocycles. The topological polar surface area (TPSA) is 81.3 Å². The molecule has 1 unspecified atom stereocenters. The average Bonchev–Trinajstić information content (AvgIpc) is 2.98. The minimum Gasteiger partial charge on any atom is -0.463 e. The van der Waals surface area contributed by atoms with Gasteiger partial charge in [0.15, 0.2) is 0 Å². The maximum Gasteiger partial charge on any atom is 0.347 e. The van der Waals surface area contributed by atoms with Crippen LogP contribution >= 0.6 is 0 Å². The molecule has 0 amide bonds. The van der Waals surface area contributed by atoms with Gasteiger partial charge in [-0.1, -0.05) is 6.07 Å². The lowest BCUT2D eigenvalue weighted by Crippen LogP contribution is -2.22. The van der Waals surface area contributed by atoms with Gasteiger partial charge in [0.25, 0.3) is 0 Å². The molecule has 1 atom stereocenters. The number of ether oxygens (including phenoxy) is 2. The van der Waals surface area contributed by atoms with Crippen LogP contribution in [0, 0.1) is 0 Å². The smallest absolute Gasteiger partial charge is 0.347 e. The second-order valence-electron chi connectivity index (χ2n) is 4.02. The number of rotatable bonds is 2. The van der Waals surface area contributed by atoms with Gasteiger partial charge in [0.1, 0.15) is 0 Å². The Balaban J connectivity index is 1.80. The molecule has 6 nitrogen and oxygen atoms in total. The van der Waals surface area contributed by atoms with Crippen molar-refractivity contribution in [1.82, 2.24) is 10.2 Å². The molecular weight excluding hydrogens is 236 g/mol. The zero-order valence-electron chi connectivity index (χ0n) is 9.38. The fourth-order valence-corrected chi connectivity index (χ4v) is 1.85. The molecule has 0 aliphatic carbocycles. The maximum atomic E-state index is 11.8. The SMILES string of the molecule is O=C(OC1CCOC1=O)c1ccc2cn[nH]c2c1. The van der Waals surface area contributed by atoms with E-state index in [1.807, 2.05) is 0 Å². The number of benzene rings is 1. The fraction of sp³-hybridized carbons (Fsp3) is 0.250. The van der Waals surface area contributed by atoms with E-state index < -0.39 is 18.0 Å². The number of esters is 2. The molecular formula is C12H10N2O4. The summed E-state index contributed by atoms with van der Waals surface area (Å²) in [5.74, 6) is -1.01. The first-order valence-electron chi connectivity index (χ1n) is 5.55. The first kappa shape index (κ1) is 10.8. The van der Waals surface area contributed by atoms with Crippen molar-refractivity contribution in [3.8, 4) is 0 Å². The Morgan fingerprint density at radius 3 is 3.17 bits per heavy atom. The number of nitrogens with zero attached hydrogens (tertiary/aromatic N) is 1. The summed E-state index contributed by atoms with van der Waals surface area (Å²) < 4.78 is 9.82. The molecule has 18 heavy (non-hydrogen) atoms. The number of hydrogen-bond donors (Lipinski definition) is 1. The zero-order chi connectivity index (χ0) is 12.5. The highest BCUT2D eigenvalue weighted by atomic mass is 16.6. The highest BCUT2D eigenvalue weighted by molar-refractivity contribution is 5.95. The molecule has 0 spiro atoms. The number of hydrogen-bond acceptors (Lipinski definition) is 5. The van der Waals surface area contributed by atoms with Crippen molar-refractivity contribution in [2.45, 2.75) is 12.5 Å². The largest absolute Gasteiger partial charge is 0.463 e. The highest BCUT2D eigenvalue weighted by Gasteiger charge is 2.30. The summed E-state index contributed by atoms with van der Waals surface area (Å²) in [5.41, 5.74) is 1.13. The Morgan fingerprint density at radius 1 is 1.50 bits per heavy atom. The number of nitrogens with one attached hydrogen (secondary N) is 1. The van der Waals surface area contributed by atoms with Crippen molar-refractivity contribution in [3.05, 3.63) is 30.0 Å². The lowest BCUT2D eigenvalue weighted by molar-refractivity contribution is -0.145. The van der Waals surface area contributed by atoms with Crippen LogP contribution in [-0.4, -0.2) is 34.8 Å². The van der Waals surface area contributed by atoms with E-state index in [2.05, 4.69) is 10.2 Å². The average molecular weight is 246 g/mol. The summed E-state index contributed by atoms with van der Waals surface area (Å²) in [5, 5.41) is 7.54. The Morgan fingerprint density at radius 2 is 2.39 bits per heavy atom. The Hall–Kier alpha value is -2.37. The molecule has 6 heteroatoms. The normalized spacial score (nSPS) is 18.9. The molecule has 3 rings (SSSR count). The molecule has 1 aromatic heterocycles. The molecule has 1 fully saturated rings. The first-order chi connectivity index (χ1) is 8.74. The van der Waals surface area contributed by atoms with Crippen LogP contribution < -0.4 is 0 Å². The van der Waals surface area contributed by atoms with Gasteiger partial charge in [0, 0.05) is 11.8 Å². The number of cyclic esters (lactones) is 1. The molecule has 1 aliphatic heterocycles. The predicted octanol–water partition coefficient (Wildman–Crippen LogP) is 1.04. The number of carbonyl (C=O) groups is 2. The van der Waals surface area contributed by atoms with Gasteiger partial charge in [-0.25, -0.2) is 9.59 Å². The van der Waals surface area contributed by atoms with E-state index in [-0.39, 0.29) is 0 Å². The zero-order valence-corrected chi connectivity index (χ0v) is 9.38. The first-order valence-corrected chi connectivity index (χ1v) is 5.55. The second kappa shape index (κ2) is 4.14. The lowest BCUT2D eigenvalue weighted by atomic mass is 10.1. The van der Waals surface area contributed by atoms with E-state index in [1.165, 1.54) is 0 Å². The third-order valence-electron chi connectivity index (χ3n) is 2.81. The number of carbonyl (C=O) groups excluding carboxylic acids is 2. The minimum absolute atomic E-state index is 0.302. The van der Waals surface area contributed by atoms with Crippen LogP contribution in [0.4, 0.5) is 0 Å². The molecule has 1 aliphatic rings.